The number of amidine groups is 1. The van der Waals surface area contributed by atoms with Crippen LogP contribution in [0.15, 0.2) is 10.1 Å². The Balaban J connectivity index is 1.96. The smallest absolute Gasteiger partial charge is 0.332 e. The summed E-state index contributed by atoms with van der Waals surface area (Å²) in [5.74, 6) is 0.0675. The number of nitrogens with zero attached hydrogens (tertiary/aromatic N) is 3. The number of nitrogens with two attached hydrogens (primary N) is 1. The van der Waals surface area contributed by atoms with E-state index in [1.807, 2.05) is 0 Å². The number of rotatable bonds is 1. The van der Waals surface area contributed by atoms with Crippen LogP contribution in [0.5, 0.6) is 0 Å². The predicted octanol–water partition coefficient (Wildman–Crippen LogP) is 1.05. The van der Waals surface area contributed by atoms with E-state index in [1.165, 1.54) is 11.8 Å². The Kier molecular flexibility index (Phi) is 3.88. The van der Waals surface area contributed by atoms with Gasteiger partial charge < -0.3 is 5.73 Å². The summed E-state index contributed by atoms with van der Waals surface area (Å²) >= 11 is 1.50. The van der Waals surface area contributed by atoms with E-state index < -0.39 is 10.8 Å². The van der Waals surface area contributed by atoms with Crippen LogP contribution in [0.25, 0.3) is 0 Å². The summed E-state index contributed by atoms with van der Waals surface area (Å²) in [6.07, 6.45) is 5.37. The van der Waals surface area contributed by atoms with Crippen LogP contribution in [0.4, 0.5) is 4.79 Å². The molecule has 1 spiro atoms. The standard InChI is InChI=1S/C13H19N5O2S/c14-11(20)17-16-9-5-2-1-3-6-13(9)10(19)18-8-4-7-15-12(18)21-13/h1-8H2,(H3,14,17,20)/b16-9+. The van der Waals surface area contributed by atoms with Gasteiger partial charge in [-0.1, -0.05) is 24.6 Å². The molecule has 3 N–H and O–H groups in total. The molecule has 8 heteroatoms. The highest BCUT2D eigenvalue weighted by molar-refractivity contribution is 8.17. The number of carbonyl (C=O) groups is 2. The van der Waals surface area contributed by atoms with Crippen LogP contribution < -0.4 is 11.2 Å². The van der Waals surface area contributed by atoms with Crippen LogP contribution in [0.1, 0.15) is 38.5 Å². The molecule has 114 valence electrons. The molecule has 7 nitrogen and oxygen atoms in total. The van der Waals surface area contributed by atoms with Crippen LogP contribution in [0.2, 0.25) is 0 Å². The van der Waals surface area contributed by atoms with E-state index in [9.17, 15) is 9.59 Å². The molecule has 1 aliphatic carbocycles. The van der Waals surface area contributed by atoms with Crippen molar-refractivity contribution >= 4 is 34.6 Å². The number of carbonyl (C=O) groups excluding carboxylic acids is 2. The molecule has 3 amide bonds. The van der Waals surface area contributed by atoms with Gasteiger partial charge in [-0.2, -0.15) is 5.10 Å². The normalized spacial score (nSPS) is 31.0. The summed E-state index contributed by atoms with van der Waals surface area (Å²) in [6.45, 7) is 1.50. The molecule has 21 heavy (non-hydrogen) atoms. The van der Waals surface area contributed by atoms with Gasteiger partial charge in [0.05, 0.1) is 5.71 Å². The highest BCUT2D eigenvalue weighted by atomic mass is 32.2. The molecule has 2 aliphatic heterocycles. The minimum Gasteiger partial charge on any atom is -0.350 e. The maximum atomic E-state index is 12.9. The second-order valence-corrected chi connectivity index (χ2v) is 6.77. The molecule has 3 rings (SSSR count). The molecular weight excluding hydrogens is 290 g/mol. The summed E-state index contributed by atoms with van der Waals surface area (Å²) in [5.41, 5.74) is 8.13. The lowest BCUT2D eigenvalue weighted by molar-refractivity contribution is -0.127. The largest absolute Gasteiger partial charge is 0.350 e. The van der Waals surface area contributed by atoms with Crippen molar-refractivity contribution in [2.45, 2.75) is 43.3 Å². The number of hydrogen-bond donors (Lipinski definition) is 2. The maximum Gasteiger partial charge on any atom is 0.332 e. The highest BCUT2D eigenvalue weighted by Gasteiger charge is 2.55. The molecule has 1 atom stereocenters. The van der Waals surface area contributed by atoms with Crippen molar-refractivity contribution in [3.8, 4) is 0 Å². The number of primary amides is 1. The Labute approximate surface area is 127 Å². The monoisotopic (exact) mass is 309 g/mol. The van der Waals surface area contributed by atoms with Gasteiger partial charge in [-0.25, -0.2) is 10.2 Å². The Morgan fingerprint density at radius 3 is 3.00 bits per heavy atom. The van der Waals surface area contributed by atoms with E-state index in [4.69, 9.17) is 5.73 Å². The molecule has 0 aromatic heterocycles. The van der Waals surface area contributed by atoms with Gasteiger partial charge in [0, 0.05) is 13.1 Å². The lowest BCUT2D eigenvalue weighted by atomic mass is 9.95. The van der Waals surface area contributed by atoms with Crippen LogP contribution in [0.3, 0.4) is 0 Å². The molecule has 2 heterocycles. The number of nitrogens with one attached hydrogen (secondary N) is 1. The molecule has 2 fully saturated rings. The topological polar surface area (TPSA) is 100 Å². The van der Waals surface area contributed by atoms with Crippen LogP contribution in [-0.4, -0.2) is 45.6 Å². The van der Waals surface area contributed by atoms with Crippen molar-refractivity contribution in [3.63, 3.8) is 0 Å². The van der Waals surface area contributed by atoms with Crippen LogP contribution >= 0.6 is 11.8 Å². The summed E-state index contributed by atoms with van der Waals surface area (Å²) in [6, 6.07) is -0.701. The zero-order valence-electron chi connectivity index (χ0n) is 11.8. The molecule has 0 aromatic rings. The number of aliphatic imine (C=N–C) groups is 1. The Hall–Kier alpha value is -1.57. The van der Waals surface area contributed by atoms with Gasteiger partial charge in [0.2, 0.25) is 0 Å². The summed E-state index contributed by atoms with van der Waals surface area (Å²) in [7, 11) is 0. The fourth-order valence-electron chi connectivity index (χ4n) is 3.08. The number of urea groups is 1. The lowest BCUT2D eigenvalue weighted by Gasteiger charge is -2.25. The minimum absolute atomic E-state index is 0.0675. The van der Waals surface area contributed by atoms with Gasteiger partial charge in [0.1, 0.15) is 4.75 Å². The van der Waals surface area contributed by atoms with Crippen molar-refractivity contribution in [3.05, 3.63) is 0 Å². The predicted molar refractivity (Wildman–Crippen MR) is 82.2 cm³/mol. The lowest BCUT2D eigenvalue weighted by Crippen LogP contribution is -2.46. The molecule has 0 aromatic carbocycles. The summed E-state index contributed by atoms with van der Waals surface area (Å²) < 4.78 is -0.692. The first-order valence-corrected chi connectivity index (χ1v) is 8.13. The molecule has 1 saturated heterocycles. The number of amides is 3. The number of fused-ring (bicyclic) bond motifs is 1. The molecule has 0 radical (unpaired) electrons. The fourth-order valence-corrected chi connectivity index (χ4v) is 4.54. The van der Waals surface area contributed by atoms with E-state index in [2.05, 4.69) is 15.5 Å². The number of hydrogen-bond acceptors (Lipinski definition) is 5. The van der Waals surface area contributed by atoms with Crippen LogP contribution in [-0.2, 0) is 4.79 Å². The zero-order chi connectivity index (χ0) is 14.9. The number of thioether (sulfide) groups is 1. The van der Waals surface area contributed by atoms with Gasteiger partial charge in [0.15, 0.2) is 5.17 Å². The van der Waals surface area contributed by atoms with Crippen molar-refractivity contribution < 1.29 is 9.59 Å². The second kappa shape index (κ2) is 5.67. The third-order valence-corrected chi connectivity index (χ3v) is 5.58. The summed E-state index contributed by atoms with van der Waals surface area (Å²) in [5, 5.41) is 4.96. The summed E-state index contributed by atoms with van der Waals surface area (Å²) in [4.78, 5) is 30.1. The van der Waals surface area contributed by atoms with Crippen molar-refractivity contribution in [1.82, 2.24) is 10.3 Å². The minimum atomic E-state index is -0.701. The maximum absolute atomic E-state index is 12.9. The molecule has 0 bridgehead atoms. The first-order chi connectivity index (χ1) is 10.1. The van der Waals surface area contributed by atoms with E-state index in [-0.39, 0.29) is 5.91 Å². The second-order valence-electron chi connectivity index (χ2n) is 5.50. The van der Waals surface area contributed by atoms with E-state index in [0.29, 0.717) is 6.42 Å². The Morgan fingerprint density at radius 2 is 2.24 bits per heavy atom. The molecular formula is C13H19N5O2S. The first kappa shape index (κ1) is 14.4. The molecule has 3 aliphatic rings. The van der Waals surface area contributed by atoms with E-state index >= 15 is 0 Å². The third-order valence-electron chi connectivity index (χ3n) is 4.08. The SMILES string of the molecule is NC(=O)N/N=C1\CCCCCC12SC1=NCCCN1C2=O. The van der Waals surface area contributed by atoms with Gasteiger partial charge in [-0.15, -0.1) is 0 Å². The molecule has 1 unspecified atom stereocenters. The average molecular weight is 309 g/mol. The van der Waals surface area contributed by atoms with Gasteiger partial charge in [0.25, 0.3) is 5.91 Å². The Bertz CT molecular complexity index is 533. The van der Waals surface area contributed by atoms with Gasteiger partial charge >= 0.3 is 6.03 Å². The molecule has 1 saturated carbocycles. The number of hydrazone groups is 1. The third kappa shape index (κ3) is 2.52. The Morgan fingerprint density at radius 1 is 1.38 bits per heavy atom. The average Bonchev–Trinajstić information content (AvgIpc) is 2.63. The van der Waals surface area contributed by atoms with E-state index in [1.54, 1.807) is 4.90 Å². The van der Waals surface area contributed by atoms with E-state index in [0.717, 1.165) is 56.1 Å². The highest BCUT2D eigenvalue weighted by Crippen LogP contribution is 2.45. The van der Waals surface area contributed by atoms with Gasteiger partial charge in [-0.05, 0) is 25.7 Å². The first-order valence-electron chi connectivity index (χ1n) is 7.31. The zero-order valence-corrected chi connectivity index (χ0v) is 12.6. The fraction of sp³-hybridized carbons (Fsp3) is 0.692. The quantitative estimate of drug-likeness (QED) is 0.708. The van der Waals surface area contributed by atoms with Crippen LogP contribution in [0, 0.1) is 0 Å². The van der Waals surface area contributed by atoms with Crippen molar-refractivity contribution in [2.24, 2.45) is 15.8 Å². The van der Waals surface area contributed by atoms with Crippen molar-refractivity contribution in [1.29, 1.82) is 0 Å². The van der Waals surface area contributed by atoms with Gasteiger partial charge in [-0.3, -0.25) is 14.7 Å². The van der Waals surface area contributed by atoms with Crippen molar-refractivity contribution in [2.75, 3.05) is 13.1 Å².